The molecule has 6 nitrogen and oxygen atoms in total. The van der Waals surface area contributed by atoms with Gasteiger partial charge in [-0.05, 0) is 44.4 Å². The van der Waals surface area contributed by atoms with Crippen LogP contribution in [0.15, 0.2) is 40.8 Å². The molecule has 3 rings (SSSR count). The number of benzene rings is 1. The van der Waals surface area contributed by atoms with Crippen LogP contribution in [0.5, 0.6) is 5.75 Å². The number of carbonyl (C=O) groups excluding carboxylic acids is 1. The van der Waals surface area contributed by atoms with E-state index in [0.717, 1.165) is 11.3 Å². The lowest BCUT2D eigenvalue weighted by Crippen LogP contribution is -2.36. The predicted octanol–water partition coefficient (Wildman–Crippen LogP) is 2.52. The Kier molecular flexibility index (Phi) is 5.64. The number of aliphatic hydroxyl groups excluding tert-OH is 1. The smallest absolute Gasteiger partial charge is 0.289 e. The second kappa shape index (κ2) is 7.93. The fraction of sp³-hybridized carbons (Fsp3) is 0.450. The number of amides is 1. The fourth-order valence-electron chi connectivity index (χ4n) is 3.19. The number of para-hydroxylation sites is 1. The van der Waals surface area contributed by atoms with E-state index in [2.05, 4.69) is 0 Å². The summed E-state index contributed by atoms with van der Waals surface area (Å²) in [5.41, 5.74) is -0.328. The van der Waals surface area contributed by atoms with Crippen LogP contribution in [-0.2, 0) is 6.61 Å². The Morgan fingerprint density at radius 2 is 2.04 bits per heavy atom. The first-order valence-electron chi connectivity index (χ1n) is 8.90. The first-order chi connectivity index (χ1) is 12.5. The third-order valence-corrected chi connectivity index (χ3v) is 4.79. The summed E-state index contributed by atoms with van der Waals surface area (Å²) < 4.78 is 11.4. The van der Waals surface area contributed by atoms with Crippen molar-refractivity contribution in [1.82, 2.24) is 4.90 Å². The second-order valence-corrected chi connectivity index (χ2v) is 6.85. The molecule has 1 atom stereocenters. The number of aryl methyl sites for hydroxylation is 1. The molecule has 140 valence electrons. The van der Waals surface area contributed by atoms with E-state index in [0.29, 0.717) is 43.9 Å². The number of rotatable bonds is 5. The second-order valence-electron chi connectivity index (χ2n) is 6.85. The Bertz CT molecular complexity index is 742. The molecule has 1 aromatic carbocycles. The summed E-state index contributed by atoms with van der Waals surface area (Å²) in [5.74, 6) is 1.46. The highest BCUT2D eigenvalue weighted by Gasteiger charge is 2.32. The van der Waals surface area contributed by atoms with Gasteiger partial charge < -0.3 is 24.3 Å². The van der Waals surface area contributed by atoms with E-state index in [4.69, 9.17) is 9.15 Å². The van der Waals surface area contributed by atoms with Crippen molar-refractivity contribution in [2.75, 3.05) is 19.7 Å². The molecule has 0 aliphatic carbocycles. The first-order valence-corrected chi connectivity index (χ1v) is 8.90. The van der Waals surface area contributed by atoms with Gasteiger partial charge in [0.15, 0.2) is 5.76 Å². The number of nitrogens with zero attached hydrogens (tertiary/aromatic N) is 1. The van der Waals surface area contributed by atoms with Gasteiger partial charge in [0.1, 0.15) is 18.1 Å². The molecule has 1 fully saturated rings. The van der Waals surface area contributed by atoms with Crippen LogP contribution in [0.4, 0.5) is 0 Å². The Labute approximate surface area is 153 Å². The van der Waals surface area contributed by atoms with Crippen LogP contribution in [0.3, 0.4) is 0 Å². The molecule has 0 radical (unpaired) electrons. The SMILES string of the molecule is Cc1cc(COc2ccccc2)oc1C(=O)N1CCC[C@](O)(CO)CC1. The van der Waals surface area contributed by atoms with Gasteiger partial charge in [-0.15, -0.1) is 0 Å². The molecule has 0 saturated carbocycles. The van der Waals surface area contributed by atoms with Crippen LogP contribution in [0, 0.1) is 6.92 Å². The number of hydrogen-bond acceptors (Lipinski definition) is 5. The van der Waals surface area contributed by atoms with Gasteiger partial charge in [0.25, 0.3) is 5.91 Å². The Balaban J connectivity index is 1.65. The van der Waals surface area contributed by atoms with Crippen LogP contribution in [0.25, 0.3) is 0 Å². The summed E-state index contributed by atoms with van der Waals surface area (Å²) in [7, 11) is 0. The van der Waals surface area contributed by atoms with Crippen molar-refractivity contribution in [2.24, 2.45) is 0 Å². The summed E-state index contributed by atoms with van der Waals surface area (Å²) >= 11 is 0. The molecule has 1 amide bonds. The normalized spacial score (nSPS) is 20.7. The minimum Gasteiger partial charge on any atom is -0.486 e. The fourth-order valence-corrected chi connectivity index (χ4v) is 3.19. The van der Waals surface area contributed by atoms with Crippen molar-refractivity contribution in [1.29, 1.82) is 0 Å². The number of likely N-dealkylation sites (tertiary alicyclic amines) is 1. The molecule has 26 heavy (non-hydrogen) atoms. The minimum atomic E-state index is -1.10. The zero-order valence-corrected chi connectivity index (χ0v) is 15.0. The molecule has 6 heteroatoms. The molecule has 1 aliphatic rings. The van der Waals surface area contributed by atoms with E-state index in [1.165, 1.54) is 0 Å². The Hall–Kier alpha value is -2.31. The van der Waals surface area contributed by atoms with E-state index in [1.54, 1.807) is 4.90 Å². The highest BCUT2D eigenvalue weighted by molar-refractivity contribution is 5.93. The molecular formula is C20H25NO5. The molecular weight excluding hydrogens is 334 g/mol. The predicted molar refractivity (Wildman–Crippen MR) is 96.0 cm³/mol. The van der Waals surface area contributed by atoms with Crippen molar-refractivity contribution >= 4 is 5.91 Å². The number of carbonyl (C=O) groups is 1. The third kappa shape index (κ3) is 4.26. The summed E-state index contributed by atoms with van der Waals surface area (Å²) in [4.78, 5) is 14.5. The molecule has 1 aromatic heterocycles. The third-order valence-electron chi connectivity index (χ3n) is 4.79. The van der Waals surface area contributed by atoms with Gasteiger partial charge in [0, 0.05) is 18.7 Å². The molecule has 2 aromatic rings. The van der Waals surface area contributed by atoms with Gasteiger partial charge in [-0.1, -0.05) is 18.2 Å². The van der Waals surface area contributed by atoms with Crippen LogP contribution in [0.2, 0.25) is 0 Å². The monoisotopic (exact) mass is 359 g/mol. The van der Waals surface area contributed by atoms with E-state index >= 15 is 0 Å². The standard InChI is InChI=1S/C20H25NO5/c1-15-12-17(13-25-16-6-3-2-4-7-16)26-18(15)19(23)21-10-5-8-20(24,14-22)9-11-21/h2-4,6-7,12,22,24H,5,8-11,13-14H2,1H3/t20-/m1/s1. The van der Waals surface area contributed by atoms with E-state index in [1.807, 2.05) is 43.3 Å². The van der Waals surface area contributed by atoms with Gasteiger partial charge in [-0.3, -0.25) is 4.79 Å². The molecule has 0 bridgehead atoms. The van der Waals surface area contributed by atoms with Gasteiger partial charge in [0.05, 0.1) is 12.2 Å². The van der Waals surface area contributed by atoms with Gasteiger partial charge in [0.2, 0.25) is 0 Å². The van der Waals surface area contributed by atoms with E-state index < -0.39 is 5.60 Å². The quantitative estimate of drug-likeness (QED) is 0.857. The maximum atomic E-state index is 12.8. The maximum Gasteiger partial charge on any atom is 0.289 e. The van der Waals surface area contributed by atoms with Crippen molar-refractivity contribution in [2.45, 2.75) is 38.4 Å². The van der Waals surface area contributed by atoms with Gasteiger partial charge >= 0.3 is 0 Å². The number of furan rings is 1. The molecule has 0 unspecified atom stereocenters. The Morgan fingerprint density at radius 1 is 1.27 bits per heavy atom. The Morgan fingerprint density at radius 3 is 2.77 bits per heavy atom. The summed E-state index contributed by atoms with van der Waals surface area (Å²) in [6, 6.07) is 11.2. The summed E-state index contributed by atoms with van der Waals surface area (Å²) in [6.45, 7) is 2.74. The number of hydrogen-bond donors (Lipinski definition) is 2. The first kappa shape index (κ1) is 18.5. The maximum absolute atomic E-state index is 12.8. The van der Waals surface area contributed by atoms with E-state index in [-0.39, 0.29) is 19.1 Å². The van der Waals surface area contributed by atoms with E-state index in [9.17, 15) is 15.0 Å². The molecule has 0 spiro atoms. The number of aliphatic hydroxyl groups is 2. The van der Waals surface area contributed by atoms with Crippen LogP contribution >= 0.6 is 0 Å². The molecule has 2 N–H and O–H groups in total. The zero-order valence-electron chi connectivity index (χ0n) is 15.0. The lowest BCUT2D eigenvalue weighted by molar-refractivity contribution is -0.0251. The van der Waals surface area contributed by atoms with Gasteiger partial charge in [-0.2, -0.15) is 0 Å². The van der Waals surface area contributed by atoms with Crippen molar-refractivity contribution in [3.63, 3.8) is 0 Å². The lowest BCUT2D eigenvalue weighted by Gasteiger charge is -2.24. The van der Waals surface area contributed by atoms with Crippen LogP contribution in [0.1, 0.15) is 41.1 Å². The topological polar surface area (TPSA) is 83.1 Å². The zero-order chi connectivity index (χ0) is 18.6. The highest BCUT2D eigenvalue weighted by Crippen LogP contribution is 2.24. The summed E-state index contributed by atoms with van der Waals surface area (Å²) in [6.07, 6.45) is 1.49. The van der Waals surface area contributed by atoms with Crippen LogP contribution in [-0.4, -0.2) is 46.3 Å². The summed E-state index contributed by atoms with van der Waals surface area (Å²) in [5, 5.41) is 19.6. The molecule has 1 saturated heterocycles. The average Bonchev–Trinajstić information content (AvgIpc) is 2.91. The van der Waals surface area contributed by atoms with Crippen molar-refractivity contribution in [3.8, 4) is 5.75 Å². The van der Waals surface area contributed by atoms with Gasteiger partial charge in [-0.25, -0.2) is 0 Å². The van der Waals surface area contributed by atoms with Crippen molar-refractivity contribution in [3.05, 3.63) is 53.5 Å². The lowest BCUT2D eigenvalue weighted by atomic mass is 9.96. The minimum absolute atomic E-state index is 0.185. The average molecular weight is 359 g/mol. The largest absolute Gasteiger partial charge is 0.486 e. The highest BCUT2D eigenvalue weighted by atomic mass is 16.5. The van der Waals surface area contributed by atoms with Crippen LogP contribution < -0.4 is 4.74 Å². The van der Waals surface area contributed by atoms with Crippen molar-refractivity contribution < 1.29 is 24.2 Å². The molecule has 1 aliphatic heterocycles. The molecule has 2 heterocycles. The number of ether oxygens (including phenoxy) is 1.